The van der Waals surface area contributed by atoms with Crippen LogP contribution in [0.1, 0.15) is 58.8 Å². The summed E-state index contributed by atoms with van der Waals surface area (Å²) in [5.41, 5.74) is 4.54. The molecule has 1 saturated heterocycles. The predicted octanol–water partition coefficient (Wildman–Crippen LogP) is 4.66. The van der Waals surface area contributed by atoms with Crippen molar-refractivity contribution >= 4 is 17.5 Å². The first-order chi connectivity index (χ1) is 19.4. The summed E-state index contributed by atoms with van der Waals surface area (Å²) in [5, 5.41) is 0. The van der Waals surface area contributed by atoms with Crippen molar-refractivity contribution in [1.29, 1.82) is 0 Å². The van der Waals surface area contributed by atoms with Gasteiger partial charge in [0.25, 0.3) is 5.91 Å². The molecule has 0 bridgehead atoms. The van der Waals surface area contributed by atoms with Gasteiger partial charge in [-0.25, -0.2) is 0 Å². The Morgan fingerprint density at radius 1 is 0.950 bits per heavy atom. The number of ether oxygens (including phenoxy) is 2. The molecule has 2 fully saturated rings. The van der Waals surface area contributed by atoms with Gasteiger partial charge in [0.1, 0.15) is 23.7 Å². The molecule has 206 valence electrons. The van der Waals surface area contributed by atoms with Gasteiger partial charge in [-0.3, -0.25) is 19.3 Å². The maximum absolute atomic E-state index is 13.1. The van der Waals surface area contributed by atoms with Crippen molar-refractivity contribution in [2.24, 2.45) is 0 Å². The van der Waals surface area contributed by atoms with Crippen LogP contribution in [-0.4, -0.2) is 53.0 Å². The Morgan fingerprint density at radius 2 is 1.73 bits per heavy atom. The molecule has 3 aliphatic rings. The molecule has 1 saturated carbocycles. The summed E-state index contributed by atoms with van der Waals surface area (Å²) in [6.07, 6.45) is 0.658. The van der Waals surface area contributed by atoms with E-state index in [1.54, 1.807) is 11.0 Å². The summed E-state index contributed by atoms with van der Waals surface area (Å²) >= 11 is 0. The molecule has 0 spiro atoms. The first-order valence-corrected chi connectivity index (χ1v) is 14.0. The average Bonchev–Trinajstić information content (AvgIpc) is 3.30. The predicted molar refractivity (Wildman–Crippen MR) is 150 cm³/mol. The number of amides is 1. The van der Waals surface area contributed by atoms with Crippen LogP contribution in [0.3, 0.4) is 0 Å². The minimum absolute atomic E-state index is 0.0453. The van der Waals surface area contributed by atoms with Gasteiger partial charge in [-0.1, -0.05) is 60.7 Å². The second-order valence-electron chi connectivity index (χ2n) is 11.2. The van der Waals surface area contributed by atoms with E-state index in [0.29, 0.717) is 43.9 Å². The van der Waals surface area contributed by atoms with Gasteiger partial charge in [-0.05, 0) is 42.2 Å². The molecule has 1 amide bonds. The van der Waals surface area contributed by atoms with E-state index in [2.05, 4.69) is 60.4 Å². The minimum atomic E-state index is -0.532. The van der Waals surface area contributed by atoms with Crippen LogP contribution in [0, 0.1) is 0 Å². The molecule has 2 aliphatic heterocycles. The summed E-state index contributed by atoms with van der Waals surface area (Å²) in [4.78, 5) is 41.3. The number of hydrogen-bond donors (Lipinski definition) is 0. The Balaban J connectivity index is 1.07. The molecular formula is C33H34N2O5. The summed E-state index contributed by atoms with van der Waals surface area (Å²) < 4.78 is 12.4. The Labute approximate surface area is 234 Å². The van der Waals surface area contributed by atoms with Gasteiger partial charge in [-0.15, -0.1) is 0 Å². The van der Waals surface area contributed by atoms with E-state index in [1.807, 2.05) is 18.2 Å². The van der Waals surface area contributed by atoms with Crippen molar-refractivity contribution in [1.82, 2.24) is 9.80 Å². The van der Waals surface area contributed by atoms with Crippen molar-refractivity contribution in [2.45, 2.75) is 57.5 Å². The van der Waals surface area contributed by atoms with E-state index in [0.717, 1.165) is 30.8 Å². The molecule has 3 aromatic rings. The molecule has 6 rings (SSSR count). The van der Waals surface area contributed by atoms with Gasteiger partial charge < -0.3 is 14.4 Å². The monoisotopic (exact) mass is 538 g/mol. The number of carbonyl (C=O) groups excluding carboxylic acids is 3. The molecule has 7 nitrogen and oxygen atoms in total. The molecule has 2 unspecified atom stereocenters. The highest BCUT2D eigenvalue weighted by atomic mass is 16.5. The van der Waals surface area contributed by atoms with E-state index >= 15 is 0 Å². The molecule has 0 N–H and O–H groups in total. The zero-order chi connectivity index (χ0) is 27.7. The second-order valence-corrected chi connectivity index (χ2v) is 11.2. The highest BCUT2D eigenvalue weighted by Crippen LogP contribution is 2.35. The Morgan fingerprint density at radius 3 is 2.50 bits per heavy atom. The third kappa shape index (κ3) is 5.31. The fourth-order valence-electron chi connectivity index (χ4n) is 6.11. The van der Waals surface area contributed by atoms with Crippen LogP contribution in [0.25, 0.3) is 0 Å². The molecule has 0 radical (unpaired) electrons. The second kappa shape index (κ2) is 11.0. The van der Waals surface area contributed by atoms with Crippen molar-refractivity contribution < 1.29 is 23.9 Å². The molecule has 40 heavy (non-hydrogen) atoms. The van der Waals surface area contributed by atoms with Gasteiger partial charge in [-0.2, -0.15) is 0 Å². The molecule has 3 aromatic carbocycles. The number of hydrogen-bond acceptors (Lipinski definition) is 6. The fraction of sp³-hybridized carbons (Fsp3) is 0.364. The first kappa shape index (κ1) is 26.4. The van der Waals surface area contributed by atoms with Crippen LogP contribution >= 0.6 is 0 Å². The van der Waals surface area contributed by atoms with Crippen LogP contribution in [0.15, 0.2) is 72.8 Å². The van der Waals surface area contributed by atoms with E-state index < -0.39 is 6.04 Å². The summed E-state index contributed by atoms with van der Waals surface area (Å²) in [6, 6.07) is 23.8. The number of rotatable bonds is 7. The van der Waals surface area contributed by atoms with Gasteiger partial charge >= 0.3 is 0 Å². The van der Waals surface area contributed by atoms with E-state index in [4.69, 9.17) is 9.47 Å². The van der Waals surface area contributed by atoms with Gasteiger partial charge in [0, 0.05) is 37.2 Å². The smallest absolute Gasteiger partial charge is 0.255 e. The third-order valence-electron chi connectivity index (χ3n) is 8.33. The topological polar surface area (TPSA) is 76.2 Å². The van der Waals surface area contributed by atoms with Gasteiger partial charge in [0.15, 0.2) is 5.78 Å². The maximum atomic E-state index is 13.1. The van der Waals surface area contributed by atoms with Gasteiger partial charge in [0.05, 0.1) is 25.6 Å². The number of Topliss-reactive ketones (excluding diaryl/α,β-unsaturated/α-hetero) is 2. The Kier molecular flexibility index (Phi) is 7.26. The van der Waals surface area contributed by atoms with Crippen LogP contribution in [0.4, 0.5) is 0 Å². The quantitative estimate of drug-likeness (QED) is 0.408. The lowest BCUT2D eigenvalue weighted by molar-refractivity contribution is -0.133. The van der Waals surface area contributed by atoms with Crippen LogP contribution in [0.5, 0.6) is 5.75 Å². The first-order valence-electron chi connectivity index (χ1n) is 14.0. The molecule has 1 aliphatic carbocycles. The standard InChI is InChI=1S/C33H34N2O5/c1-33(25-6-3-2-4-7-25)22-34(16-17-40-33)19-23-10-12-24(13-11-23)21-39-31-9-5-8-27-28(31)20-35(32(27)38)29-15-14-26(36)18-30(29)37/h2-13,29H,14-22H2,1H3. The molecule has 7 heteroatoms. The van der Waals surface area contributed by atoms with E-state index in [1.165, 1.54) is 11.1 Å². The van der Waals surface area contributed by atoms with E-state index in [9.17, 15) is 14.4 Å². The van der Waals surface area contributed by atoms with Crippen molar-refractivity contribution in [3.63, 3.8) is 0 Å². The third-order valence-corrected chi connectivity index (χ3v) is 8.33. The van der Waals surface area contributed by atoms with Crippen LogP contribution < -0.4 is 4.74 Å². The number of fused-ring (bicyclic) bond motifs is 1. The number of carbonyl (C=O) groups is 3. The summed E-state index contributed by atoms with van der Waals surface area (Å²) in [5.74, 6) is 0.284. The number of benzene rings is 3. The lowest BCUT2D eigenvalue weighted by Crippen LogP contribution is -2.47. The maximum Gasteiger partial charge on any atom is 0.255 e. The van der Waals surface area contributed by atoms with E-state index in [-0.39, 0.29) is 29.5 Å². The zero-order valence-corrected chi connectivity index (χ0v) is 22.8. The highest BCUT2D eigenvalue weighted by Gasteiger charge is 2.40. The zero-order valence-electron chi connectivity index (χ0n) is 22.8. The SMILES string of the molecule is CC1(c2ccccc2)CN(Cc2ccc(COc3cccc4c3CN(C3CCC(=O)CC3=O)C4=O)cc2)CCO1. The largest absolute Gasteiger partial charge is 0.489 e. The summed E-state index contributed by atoms with van der Waals surface area (Å²) in [6.45, 7) is 6.15. The van der Waals surface area contributed by atoms with Crippen molar-refractivity contribution in [2.75, 3.05) is 19.7 Å². The number of morpholine rings is 1. The Bertz CT molecular complexity index is 1420. The molecule has 2 atom stereocenters. The lowest BCUT2D eigenvalue weighted by Gasteiger charge is -2.41. The Hall–Kier alpha value is -3.81. The number of ketones is 2. The molecular weight excluding hydrogens is 504 g/mol. The number of nitrogens with zero attached hydrogens (tertiary/aromatic N) is 2. The van der Waals surface area contributed by atoms with Crippen molar-refractivity contribution in [3.8, 4) is 5.75 Å². The molecule has 0 aromatic heterocycles. The fourth-order valence-corrected chi connectivity index (χ4v) is 6.11. The average molecular weight is 539 g/mol. The normalized spacial score (nSPS) is 23.4. The minimum Gasteiger partial charge on any atom is -0.489 e. The van der Waals surface area contributed by atoms with Gasteiger partial charge in [0.2, 0.25) is 0 Å². The highest BCUT2D eigenvalue weighted by molar-refractivity contribution is 6.07. The molecule has 2 heterocycles. The van der Waals surface area contributed by atoms with Crippen LogP contribution in [0.2, 0.25) is 0 Å². The van der Waals surface area contributed by atoms with Crippen molar-refractivity contribution in [3.05, 3.63) is 101 Å². The lowest BCUT2D eigenvalue weighted by atomic mass is 9.92. The van der Waals surface area contributed by atoms with Crippen LogP contribution in [-0.2, 0) is 39.6 Å². The summed E-state index contributed by atoms with van der Waals surface area (Å²) in [7, 11) is 0.